The molecule has 120 valence electrons. The predicted octanol–water partition coefficient (Wildman–Crippen LogP) is 4.17. The molecule has 0 heterocycles. The lowest BCUT2D eigenvalue weighted by molar-refractivity contribution is 0.0600. The summed E-state index contributed by atoms with van der Waals surface area (Å²) in [5.74, 6) is 0.304. The Bertz CT molecular complexity index is 666. The van der Waals surface area contributed by atoms with Crippen LogP contribution < -0.4 is 10.1 Å². The van der Waals surface area contributed by atoms with Crippen molar-refractivity contribution in [2.75, 3.05) is 25.6 Å². The molecule has 0 aromatic heterocycles. The molecule has 2 aromatic rings. The fourth-order valence-electron chi connectivity index (χ4n) is 1.84. The molecule has 4 nitrogen and oxygen atoms in total. The Hall–Kier alpha value is -2.46. The zero-order valence-corrected chi connectivity index (χ0v) is 13.6. The van der Waals surface area contributed by atoms with Gasteiger partial charge in [-0.25, -0.2) is 4.79 Å². The summed E-state index contributed by atoms with van der Waals surface area (Å²) in [7, 11) is 1.35. The number of ether oxygens (including phenoxy) is 2. The van der Waals surface area contributed by atoms with Crippen molar-refractivity contribution in [2.24, 2.45) is 0 Å². The van der Waals surface area contributed by atoms with E-state index in [0.29, 0.717) is 29.5 Å². The van der Waals surface area contributed by atoms with E-state index < -0.39 is 0 Å². The molecule has 0 spiro atoms. The Morgan fingerprint density at radius 3 is 2.39 bits per heavy atom. The number of benzene rings is 2. The second kappa shape index (κ2) is 8.25. The van der Waals surface area contributed by atoms with Gasteiger partial charge in [0.2, 0.25) is 0 Å². The molecule has 0 aliphatic rings. The molecule has 23 heavy (non-hydrogen) atoms. The Balaban J connectivity index is 1.77. The zero-order valence-electron chi connectivity index (χ0n) is 12.8. The van der Waals surface area contributed by atoms with Gasteiger partial charge in [0, 0.05) is 17.3 Å². The molecule has 5 heteroatoms. The van der Waals surface area contributed by atoms with Gasteiger partial charge in [-0.2, -0.15) is 0 Å². The third kappa shape index (κ3) is 5.34. The van der Waals surface area contributed by atoms with E-state index in [1.165, 1.54) is 7.11 Å². The first-order valence-electron chi connectivity index (χ1n) is 7.06. The molecule has 1 N–H and O–H groups in total. The van der Waals surface area contributed by atoms with Crippen LogP contribution in [0.4, 0.5) is 5.69 Å². The predicted molar refractivity (Wildman–Crippen MR) is 92.4 cm³/mol. The number of nitrogens with one attached hydrogen (secondary N) is 1. The lowest BCUT2D eigenvalue weighted by atomic mass is 10.2. The van der Waals surface area contributed by atoms with Crippen molar-refractivity contribution < 1.29 is 14.3 Å². The molecule has 2 aromatic carbocycles. The lowest BCUT2D eigenvalue weighted by Crippen LogP contribution is -2.10. The molecule has 0 bridgehead atoms. The van der Waals surface area contributed by atoms with Crippen LogP contribution in [0.25, 0.3) is 0 Å². The van der Waals surface area contributed by atoms with Gasteiger partial charge in [-0.15, -0.1) is 0 Å². The van der Waals surface area contributed by atoms with Crippen molar-refractivity contribution >= 4 is 23.3 Å². The highest BCUT2D eigenvalue weighted by molar-refractivity contribution is 6.30. The van der Waals surface area contributed by atoms with Crippen molar-refractivity contribution in [3.8, 4) is 5.75 Å². The van der Waals surface area contributed by atoms with Crippen LogP contribution in [0.5, 0.6) is 5.75 Å². The Labute approximate surface area is 140 Å². The maximum absolute atomic E-state index is 11.3. The average Bonchev–Trinajstić information content (AvgIpc) is 2.59. The maximum Gasteiger partial charge on any atom is 0.337 e. The van der Waals surface area contributed by atoms with Gasteiger partial charge in [-0.3, -0.25) is 0 Å². The van der Waals surface area contributed by atoms with Crippen LogP contribution in [-0.2, 0) is 4.74 Å². The maximum atomic E-state index is 11.3. The third-order valence-electron chi connectivity index (χ3n) is 3.11. The molecule has 0 aliphatic heterocycles. The van der Waals surface area contributed by atoms with E-state index in [1.807, 2.05) is 24.3 Å². The molecule has 0 unspecified atom stereocenters. The van der Waals surface area contributed by atoms with E-state index in [0.717, 1.165) is 11.3 Å². The van der Waals surface area contributed by atoms with Crippen molar-refractivity contribution in [2.45, 2.75) is 0 Å². The van der Waals surface area contributed by atoms with Crippen LogP contribution in [0.1, 0.15) is 10.4 Å². The fourth-order valence-corrected chi connectivity index (χ4v) is 1.96. The summed E-state index contributed by atoms with van der Waals surface area (Å²) in [6.45, 7) is 4.96. The Morgan fingerprint density at radius 2 is 1.78 bits per heavy atom. The number of carbonyl (C=O) groups is 1. The van der Waals surface area contributed by atoms with Gasteiger partial charge in [0.15, 0.2) is 0 Å². The quantitative estimate of drug-likeness (QED) is 0.611. The Kier molecular flexibility index (Phi) is 6.06. The van der Waals surface area contributed by atoms with Crippen LogP contribution in [0.15, 0.2) is 60.7 Å². The second-order valence-electron chi connectivity index (χ2n) is 4.92. The molecule has 0 fully saturated rings. The van der Waals surface area contributed by atoms with Crippen molar-refractivity contribution in [3.05, 3.63) is 71.3 Å². The molecule has 0 amide bonds. The minimum atomic E-state index is -0.367. The fraction of sp³-hybridized carbons (Fsp3) is 0.167. The van der Waals surface area contributed by atoms with E-state index in [9.17, 15) is 4.79 Å². The van der Waals surface area contributed by atoms with Crippen LogP contribution >= 0.6 is 11.6 Å². The smallest absolute Gasteiger partial charge is 0.337 e. The van der Waals surface area contributed by atoms with E-state index in [1.54, 1.807) is 24.3 Å². The highest BCUT2D eigenvalue weighted by Gasteiger charge is 2.05. The van der Waals surface area contributed by atoms with Gasteiger partial charge < -0.3 is 14.8 Å². The molecule has 0 saturated heterocycles. The molecule has 0 aliphatic carbocycles. The molecular formula is C18H18ClNO3. The summed E-state index contributed by atoms with van der Waals surface area (Å²) in [5, 5.41) is 3.94. The largest absolute Gasteiger partial charge is 0.489 e. The number of hydrogen-bond acceptors (Lipinski definition) is 4. The molecule has 2 rings (SSSR count). The summed E-state index contributed by atoms with van der Waals surface area (Å²) in [6, 6.07) is 14.2. The normalized spacial score (nSPS) is 10.0. The highest BCUT2D eigenvalue weighted by atomic mass is 35.5. The summed E-state index contributed by atoms with van der Waals surface area (Å²) < 4.78 is 10.3. The summed E-state index contributed by atoms with van der Waals surface area (Å²) in [5.41, 5.74) is 2.36. The van der Waals surface area contributed by atoms with Gasteiger partial charge in [-0.05, 0) is 54.1 Å². The van der Waals surface area contributed by atoms with Gasteiger partial charge >= 0.3 is 5.97 Å². The zero-order chi connectivity index (χ0) is 16.7. The van der Waals surface area contributed by atoms with Crippen molar-refractivity contribution in [3.63, 3.8) is 0 Å². The van der Waals surface area contributed by atoms with Gasteiger partial charge in [-0.1, -0.05) is 18.2 Å². The number of anilines is 1. The summed E-state index contributed by atoms with van der Waals surface area (Å²) >= 11 is 5.84. The molecular weight excluding hydrogens is 314 g/mol. The summed E-state index contributed by atoms with van der Waals surface area (Å²) in [6.07, 6.45) is 0. The second-order valence-corrected chi connectivity index (χ2v) is 5.35. The molecule has 0 radical (unpaired) electrons. The van der Waals surface area contributed by atoms with E-state index in [-0.39, 0.29) is 5.97 Å². The average molecular weight is 332 g/mol. The monoisotopic (exact) mass is 331 g/mol. The van der Waals surface area contributed by atoms with Gasteiger partial charge in [0.05, 0.1) is 12.7 Å². The lowest BCUT2D eigenvalue weighted by Gasteiger charge is -2.11. The van der Waals surface area contributed by atoms with Crippen LogP contribution in [-0.4, -0.2) is 26.2 Å². The van der Waals surface area contributed by atoms with Crippen LogP contribution in [0.3, 0.4) is 0 Å². The van der Waals surface area contributed by atoms with E-state index in [4.69, 9.17) is 16.3 Å². The van der Waals surface area contributed by atoms with Crippen molar-refractivity contribution in [1.82, 2.24) is 0 Å². The number of carbonyl (C=O) groups excluding carboxylic acids is 1. The highest BCUT2D eigenvalue weighted by Crippen LogP contribution is 2.15. The first kappa shape index (κ1) is 16.9. The Morgan fingerprint density at radius 1 is 1.13 bits per heavy atom. The first-order chi connectivity index (χ1) is 11.1. The van der Waals surface area contributed by atoms with Crippen molar-refractivity contribution in [1.29, 1.82) is 0 Å². The van der Waals surface area contributed by atoms with Gasteiger partial charge in [0.1, 0.15) is 12.4 Å². The van der Waals surface area contributed by atoms with Crippen LogP contribution in [0, 0.1) is 0 Å². The third-order valence-corrected chi connectivity index (χ3v) is 3.36. The standard InChI is InChI=1S/C18H18ClNO3/c1-13(11-20-16-7-5-15(19)6-8-16)12-23-17-9-3-14(4-10-17)18(21)22-2/h3-10,20H,1,11-12H2,2H3. The van der Waals surface area contributed by atoms with Gasteiger partial charge in [0.25, 0.3) is 0 Å². The number of methoxy groups -OCH3 is 1. The number of esters is 1. The number of halogens is 1. The topological polar surface area (TPSA) is 47.6 Å². The summed E-state index contributed by atoms with van der Waals surface area (Å²) in [4.78, 5) is 11.3. The number of hydrogen-bond donors (Lipinski definition) is 1. The van der Waals surface area contributed by atoms with E-state index >= 15 is 0 Å². The SMILES string of the molecule is C=C(CNc1ccc(Cl)cc1)COc1ccc(C(=O)OC)cc1. The number of rotatable bonds is 7. The van der Waals surface area contributed by atoms with E-state index in [2.05, 4.69) is 16.6 Å². The minimum Gasteiger partial charge on any atom is -0.489 e. The first-order valence-corrected chi connectivity index (χ1v) is 7.43. The molecule has 0 saturated carbocycles. The minimum absolute atomic E-state index is 0.367. The van der Waals surface area contributed by atoms with Crippen LogP contribution in [0.2, 0.25) is 5.02 Å². The molecule has 0 atom stereocenters.